The minimum absolute atomic E-state index is 0.117. The number of rotatable bonds is 5. The van der Waals surface area contributed by atoms with Crippen molar-refractivity contribution in [3.63, 3.8) is 0 Å². The van der Waals surface area contributed by atoms with Crippen LogP contribution in [0.3, 0.4) is 0 Å². The Morgan fingerprint density at radius 2 is 2.16 bits per heavy atom. The summed E-state index contributed by atoms with van der Waals surface area (Å²) in [6, 6.07) is 7.82. The van der Waals surface area contributed by atoms with Gasteiger partial charge in [-0.05, 0) is 38.8 Å². The predicted molar refractivity (Wildman–Crippen MR) is 73.9 cm³/mol. The zero-order chi connectivity index (χ0) is 14.5. The molecule has 19 heavy (non-hydrogen) atoms. The monoisotopic (exact) mass is 260 g/mol. The van der Waals surface area contributed by atoms with Crippen LogP contribution in [-0.2, 0) is 11.2 Å². The number of hydrogen-bond acceptors (Lipinski definition) is 3. The van der Waals surface area contributed by atoms with E-state index in [0.717, 1.165) is 16.9 Å². The molecule has 4 heteroatoms. The number of aryl methyl sites for hydroxylation is 1. The van der Waals surface area contributed by atoms with Crippen molar-refractivity contribution in [2.75, 3.05) is 7.11 Å². The highest BCUT2D eigenvalue weighted by Gasteiger charge is 2.22. The first-order chi connectivity index (χ1) is 8.88. The molecule has 1 amide bonds. The first kappa shape index (κ1) is 15.0. The highest BCUT2D eigenvalue weighted by atomic mass is 16.5. The Balaban J connectivity index is 2.85. The highest BCUT2D eigenvalue weighted by Crippen LogP contribution is 2.24. The van der Waals surface area contributed by atoms with Crippen molar-refractivity contribution in [1.29, 1.82) is 5.26 Å². The molecule has 0 fully saturated rings. The lowest BCUT2D eigenvalue weighted by molar-refractivity contribution is -0.121. The number of benzene rings is 1. The molecule has 0 radical (unpaired) electrons. The molecule has 0 heterocycles. The quantitative estimate of drug-likeness (QED) is 0.884. The SMILES string of the molecule is COc1ccc(C)cc1CC(C)(C)NC(=O)CC#N. The molecule has 1 N–H and O–H groups in total. The molecular weight excluding hydrogens is 240 g/mol. The lowest BCUT2D eigenvalue weighted by Crippen LogP contribution is -2.45. The van der Waals surface area contributed by atoms with Crippen LogP contribution in [0, 0.1) is 18.3 Å². The first-order valence-corrected chi connectivity index (χ1v) is 6.19. The molecule has 102 valence electrons. The van der Waals surface area contributed by atoms with Gasteiger partial charge < -0.3 is 10.1 Å². The number of nitriles is 1. The summed E-state index contributed by atoms with van der Waals surface area (Å²) in [6.07, 6.45) is 0.531. The van der Waals surface area contributed by atoms with Gasteiger partial charge in [0.25, 0.3) is 0 Å². The Morgan fingerprint density at radius 3 is 2.74 bits per heavy atom. The van der Waals surface area contributed by atoms with Gasteiger partial charge in [-0.15, -0.1) is 0 Å². The Kier molecular flexibility index (Phi) is 4.94. The van der Waals surface area contributed by atoms with E-state index in [1.54, 1.807) is 7.11 Å². The predicted octanol–water partition coefficient (Wildman–Crippen LogP) is 2.35. The molecule has 4 nitrogen and oxygen atoms in total. The van der Waals surface area contributed by atoms with Gasteiger partial charge in [-0.1, -0.05) is 17.7 Å². The molecular formula is C15H20N2O2. The fraction of sp³-hybridized carbons (Fsp3) is 0.467. The van der Waals surface area contributed by atoms with E-state index in [0.29, 0.717) is 6.42 Å². The van der Waals surface area contributed by atoms with E-state index in [2.05, 4.69) is 11.4 Å². The van der Waals surface area contributed by atoms with E-state index < -0.39 is 5.54 Å². The molecule has 1 rings (SSSR count). The second kappa shape index (κ2) is 6.24. The van der Waals surface area contributed by atoms with Crippen molar-refractivity contribution in [3.05, 3.63) is 29.3 Å². The van der Waals surface area contributed by atoms with Crippen molar-refractivity contribution in [2.24, 2.45) is 0 Å². The number of carbonyl (C=O) groups excluding carboxylic acids is 1. The lowest BCUT2D eigenvalue weighted by atomic mass is 9.93. The smallest absolute Gasteiger partial charge is 0.234 e. The minimum atomic E-state index is -0.422. The number of ether oxygens (including phenoxy) is 1. The van der Waals surface area contributed by atoms with Gasteiger partial charge in [0.05, 0.1) is 13.2 Å². The van der Waals surface area contributed by atoms with E-state index >= 15 is 0 Å². The zero-order valence-corrected chi connectivity index (χ0v) is 11.9. The van der Waals surface area contributed by atoms with Crippen LogP contribution in [0.2, 0.25) is 0 Å². The van der Waals surface area contributed by atoms with Crippen LogP contribution >= 0.6 is 0 Å². The Labute approximate surface area is 114 Å². The third-order valence-electron chi connectivity index (χ3n) is 2.79. The fourth-order valence-electron chi connectivity index (χ4n) is 2.06. The van der Waals surface area contributed by atoms with Gasteiger partial charge in [-0.3, -0.25) is 4.79 Å². The van der Waals surface area contributed by atoms with Crippen LogP contribution in [0.1, 0.15) is 31.4 Å². The van der Waals surface area contributed by atoms with Gasteiger partial charge in [0.2, 0.25) is 5.91 Å². The molecule has 1 aromatic rings. The van der Waals surface area contributed by atoms with Crippen molar-refractivity contribution < 1.29 is 9.53 Å². The summed E-state index contributed by atoms with van der Waals surface area (Å²) in [5.41, 5.74) is 1.77. The molecule has 0 saturated heterocycles. The van der Waals surface area contributed by atoms with E-state index in [1.165, 1.54) is 0 Å². The summed E-state index contributed by atoms with van der Waals surface area (Å²) in [4.78, 5) is 11.5. The maximum absolute atomic E-state index is 11.5. The Morgan fingerprint density at radius 1 is 1.47 bits per heavy atom. The van der Waals surface area contributed by atoms with E-state index in [9.17, 15) is 4.79 Å². The van der Waals surface area contributed by atoms with Crippen LogP contribution in [0.4, 0.5) is 0 Å². The molecule has 0 aliphatic carbocycles. The number of carbonyl (C=O) groups is 1. The molecule has 0 spiro atoms. The Hall–Kier alpha value is -2.02. The number of methoxy groups -OCH3 is 1. The molecule has 0 atom stereocenters. The summed E-state index contributed by atoms with van der Waals surface area (Å²) in [5, 5.41) is 11.4. The molecule has 0 unspecified atom stereocenters. The third kappa shape index (κ3) is 4.63. The lowest BCUT2D eigenvalue weighted by Gasteiger charge is -2.27. The molecule has 0 aliphatic heterocycles. The van der Waals surface area contributed by atoms with Crippen LogP contribution in [0.5, 0.6) is 5.75 Å². The maximum Gasteiger partial charge on any atom is 0.234 e. The first-order valence-electron chi connectivity index (χ1n) is 6.19. The van der Waals surface area contributed by atoms with Gasteiger partial charge in [-0.25, -0.2) is 0 Å². The van der Waals surface area contributed by atoms with Crippen molar-refractivity contribution in [1.82, 2.24) is 5.32 Å². The van der Waals surface area contributed by atoms with E-state index in [-0.39, 0.29) is 12.3 Å². The van der Waals surface area contributed by atoms with E-state index in [4.69, 9.17) is 10.00 Å². The van der Waals surface area contributed by atoms with Gasteiger partial charge in [0, 0.05) is 5.54 Å². The average Bonchev–Trinajstić information content (AvgIpc) is 2.28. The van der Waals surface area contributed by atoms with Crippen molar-refractivity contribution >= 4 is 5.91 Å². The minimum Gasteiger partial charge on any atom is -0.496 e. The zero-order valence-electron chi connectivity index (χ0n) is 11.9. The second-order valence-corrected chi connectivity index (χ2v) is 5.26. The summed E-state index contributed by atoms with van der Waals surface area (Å²) in [5.74, 6) is 0.562. The van der Waals surface area contributed by atoms with Crippen LogP contribution in [-0.4, -0.2) is 18.6 Å². The summed E-state index contributed by atoms with van der Waals surface area (Å²) in [7, 11) is 1.63. The van der Waals surface area contributed by atoms with Crippen molar-refractivity contribution in [2.45, 2.75) is 39.2 Å². The summed E-state index contributed by atoms with van der Waals surface area (Å²) < 4.78 is 5.33. The standard InChI is InChI=1S/C15H20N2O2/c1-11-5-6-13(19-4)12(9-11)10-15(2,3)17-14(18)7-8-16/h5-6,9H,7,10H2,1-4H3,(H,17,18). The topological polar surface area (TPSA) is 62.1 Å². The van der Waals surface area contributed by atoms with Crippen LogP contribution in [0.25, 0.3) is 0 Å². The fourth-order valence-corrected chi connectivity index (χ4v) is 2.06. The highest BCUT2D eigenvalue weighted by molar-refractivity contribution is 5.78. The molecule has 0 aliphatic rings. The third-order valence-corrected chi connectivity index (χ3v) is 2.79. The van der Waals surface area contributed by atoms with Gasteiger partial charge in [0.15, 0.2) is 0 Å². The van der Waals surface area contributed by atoms with Gasteiger partial charge in [0.1, 0.15) is 12.2 Å². The number of nitrogens with one attached hydrogen (secondary N) is 1. The summed E-state index contributed by atoms with van der Waals surface area (Å²) >= 11 is 0. The average molecular weight is 260 g/mol. The largest absolute Gasteiger partial charge is 0.496 e. The number of amides is 1. The number of nitrogens with zero attached hydrogens (tertiary/aromatic N) is 1. The van der Waals surface area contributed by atoms with Gasteiger partial charge in [-0.2, -0.15) is 5.26 Å². The van der Waals surface area contributed by atoms with Crippen LogP contribution in [0.15, 0.2) is 18.2 Å². The Bertz CT molecular complexity index is 501. The molecule has 0 aromatic heterocycles. The molecule has 1 aromatic carbocycles. The van der Waals surface area contributed by atoms with Gasteiger partial charge >= 0.3 is 0 Å². The summed E-state index contributed by atoms with van der Waals surface area (Å²) in [6.45, 7) is 5.89. The normalized spacial score (nSPS) is 10.7. The number of hydrogen-bond donors (Lipinski definition) is 1. The molecule has 0 bridgehead atoms. The van der Waals surface area contributed by atoms with E-state index in [1.807, 2.05) is 39.0 Å². The van der Waals surface area contributed by atoms with Crippen molar-refractivity contribution in [3.8, 4) is 11.8 Å². The van der Waals surface area contributed by atoms with Crippen LogP contribution < -0.4 is 10.1 Å². The second-order valence-electron chi connectivity index (χ2n) is 5.26. The maximum atomic E-state index is 11.5. The molecule has 0 saturated carbocycles.